The van der Waals surface area contributed by atoms with Gasteiger partial charge in [-0.1, -0.05) is 24.6 Å². The third-order valence-corrected chi connectivity index (χ3v) is 4.89. The number of anilines is 2. The molecule has 1 N–H and O–H groups in total. The Morgan fingerprint density at radius 1 is 1.41 bits per heavy atom. The largest absolute Gasteiger partial charge is 0.755 e. The SMILES string of the molecule is CCCN(c1ccc(Cl)c(C(=O)Nc2cnc3ccccn23)c1F)S(=O)[O-]. The van der Waals surface area contributed by atoms with Gasteiger partial charge in [0.1, 0.15) is 11.5 Å². The van der Waals surface area contributed by atoms with Crippen molar-refractivity contribution in [2.75, 3.05) is 16.2 Å². The first kappa shape index (κ1) is 19.3. The second kappa shape index (κ2) is 8.03. The highest BCUT2D eigenvalue weighted by Crippen LogP contribution is 2.30. The maximum absolute atomic E-state index is 15.0. The van der Waals surface area contributed by atoms with Gasteiger partial charge in [0.15, 0.2) is 5.82 Å². The molecule has 1 atom stereocenters. The summed E-state index contributed by atoms with van der Waals surface area (Å²) in [4.78, 5) is 16.8. The van der Waals surface area contributed by atoms with E-state index in [4.69, 9.17) is 11.6 Å². The first-order valence-electron chi connectivity index (χ1n) is 8.02. The molecule has 2 heterocycles. The quantitative estimate of drug-likeness (QED) is 0.632. The van der Waals surface area contributed by atoms with Crippen LogP contribution in [0.3, 0.4) is 0 Å². The van der Waals surface area contributed by atoms with Gasteiger partial charge in [-0.3, -0.25) is 17.7 Å². The van der Waals surface area contributed by atoms with Gasteiger partial charge in [-0.25, -0.2) is 9.37 Å². The van der Waals surface area contributed by atoms with E-state index in [2.05, 4.69) is 10.3 Å². The second-order valence-electron chi connectivity index (χ2n) is 5.60. The lowest BCUT2D eigenvalue weighted by Gasteiger charge is -2.27. The van der Waals surface area contributed by atoms with Gasteiger partial charge < -0.3 is 9.87 Å². The molecule has 10 heteroatoms. The molecular weight excluding hydrogens is 395 g/mol. The highest BCUT2D eigenvalue weighted by atomic mass is 35.5. The lowest BCUT2D eigenvalue weighted by atomic mass is 10.1. The number of nitrogens with zero attached hydrogens (tertiary/aromatic N) is 3. The van der Waals surface area contributed by atoms with Crippen molar-refractivity contribution in [2.45, 2.75) is 13.3 Å². The van der Waals surface area contributed by atoms with Crippen molar-refractivity contribution in [1.29, 1.82) is 0 Å². The van der Waals surface area contributed by atoms with E-state index in [1.54, 1.807) is 35.7 Å². The third kappa shape index (κ3) is 3.80. The predicted molar refractivity (Wildman–Crippen MR) is 101 cm³/mol. The van der Waals surface area contributed by atoms with Gasteiger partial charge >= 0.3 is 0 Å². The Morgan fingerprint density at radius 2 is 2.19 bits per heavy atom. The number of aromatic nitrogens is 2. The van der Waals surface area contributed by atoms with Crippen LogP contribution in [0, 0.1) is 5.82 Å². The molecule has 0 aliphatic heterocycles. The van der Waals surface area contributed by atoms with Crippen molar-refractivity contribution in [3.05, 3.63) is 59.1 Å². The van der Waals surface area contributed by atoms with E-state index in [0.717, 1.165) is 4.31 Å². The monoisotopic (exact) mass is 409 g/mol. The number of pyridine rings is 1. The van der Waals surface area contributed by atoms with E-state index in [0.29, 0.717) is 17.9 Å². The number of carbonyl (C=O) groups is 1. The van der Waals surface area contributed by atoms with Crippen molar-refractivity contribution < 1.29 is 17.9 Å². The molecule has 1 amide bonds. The number of carbonyl (C=O) groups excluding carboxylic acids is 1. The Kier molecular flexibility index (Phi) is 5.73. The van der Waals surface area contributed by atoms with Crippen LogP contribution in [0.4, 0.5) is 15.9 Å². The molecule has 0 saturated heterocycles. The van der Waals surface area contributed by atoms with E-state index in [1.165, 1.54) is 18.3 Å². The maximum Gasteiger partial charge on any atom is 0.261 e. The number of halogens is 2. The number of hydrogen-bond acceptors (Lipinski definition) is 4. The number of imidazole rings is 1. The van der Waals surface area contributed by atoms with Crippen molar-refractivity contribution in [3.8, 4) is 0 Å². The molecule has 0 aliphatic rings. The Labute approximate surface area is 162 Å². The fourth-order valence-corrected chi connectivity index (χ4v) is 3.49. The molecule has 3 rings (SSSR count). The summed E-state index contributed by atoms with van der Waals surface area (Å²) in [6.07, 6.45) is 3.59. The molecule has 7 nitrogen and oxygen atoms in total. The van der Waals surface area contributed by atoms with Crippen LogP contribution < -0.4 is 9.62 Å². The number of benzene rings is 1. The number of fused-ring (bicyclic) bond motifs is 1. The molecule has 1 aromatic carbocycles. The molecule has 0 radical (unpaired) electrons. The summed E-state index contributed by atoms with van der Waals surface area (Å²) in [5.74, 6) is -1.49. The van der Waals surface area contributed by atoms with Crippen LogP contribution in [0.25, 0.3) is 5.65 Å². The Morgan fingerprint density at radius 3 is 2.89 bits per heavy atom. The lowest BCUT2D eigenvalue weighted by molar-refractivity contribution is 0.102. The first-order chi connectivity index (χ1) is 12.9. The number of amides is 1. The highest BCUT2D eigenvalue weighted by Gasteiger charge is 2.23. The van der Waals surface area contributed by atoms with Crippen LogP contribution in [-0.4, -0.2) is 30.6 Å². The Hall–Kier alpha value is -2.49. The van der Waals surface area contributed by atoms with Gasteiger partial charge in [0.25, 0.3) is 5.91 Å². The standard InChI is InChI=1S/C17H16ClFN4O3S/c1-2-8-23(27(25)26)12-7-6-11(18)15(16(12)19)17(24)21-14-10-20-13-5-3-4-9-22(13)14/h3-7,9-10H,2,8H2,1H3,(H,21,24)(H,25,26)/p-1. The summed E-state index contributed by atoms with van der Waals surface area (Å²) >= 11 is 3.33. The molecule has 0 spiro atoms. The molecule has 3 aromatic rings. The summed E-state index contributed by atoms with van der Waals surface area (Å²) in [6, 6.07) is 7.81. The molecule has 2 aromatic heterocycles. The fourth-order valence-electron chi connectivity index (χ4n) is 2.62. The van der Waals surface area contributed by atoms with Crippen LogP contribution in [0.1, 0.15) is 23.7 Å². The summed E-state index contributed by atoms with van der Waals surface area (Å²) < 4.78 is 40.3. The van der Waals surface area contributed by atoms with Crippen LogP contribution in [0.2, 0.25) is 5.02 Å². The average molecular weight is 410 g/mol. The Balaban J connectivity index is 1.99. The van der Waals surface area contributed by atoms with Gasteiger partial charge in [-0.05, 0) is 30.7 Å². The molecule has 1 unspecified atom stereocenters. The number of rotatable bonds is 6. The minimum Gasteiger partial charge on any atom is -0.755 e. The predicted octanol–water partition coefficient (Wildman–Crippen LogP) is 3.39. The van der Waals surface area contributed by atoms with Crippen LogP contribution in [0.5, 0.6) is 0 Å². The van der Waals surface area contributed by atoms with Crippen molar-refractivity contribution in [1.82, 2.24) is 9.38 Å². The molecule has 0 saturated carbocycles. The van der Waals surface area contributed by atoms with Crippen LogP contribution >= 0.6 is 11.6 Å². The normalized spacial score (nSPS) is 12.1. The van der Waals surface area contributed by atoms with E-state index in [9.17, 15) is 17.9 Å². The number of nitrogens with one attached hydrogen (secondary N) is 1. The third-order valence-electron chi connectivity index (χ3n) is 3.83. The van der Waals surface area contributed by atoms with Gasteiger partial charge in [0, 0.05) is 24.0 Å². The van der Waals surface area contributed by atoms with E-state index < -0.39 is 28.6 Å². The van der Waals surface area contributed by atoms with Gasteiger partial charge in [0.2, 0.25) is 0 Å². The first-order valence-corrected chi connectivity index (χ1v) is 9.43. The number of hydrogen-bond donors (Lipinski definition) is 1. The summed E-state index contributed by atoms with van der Waals surface area (Å²) in [7, 11) is 0. The van der Waals surface area contributed by atoms with Crippen LogP contribution in [0.15, 0.2) is 42.7 Å². The van der Waals surface area contributed by atoms with Crippen molar-refractivity contribution in [3.63, 3.8) is 0 Å². The zero-order valence-corrected chi connectivity index (χ0v) is 15.8. The summed E-state index contributed by atoms with van der Waals surface area (Å²) in [5, 5.41) is 2.43. The summed E-state index contributed by atoms with van der Waals surface area (Å²) in [6.45, 7) is 1.83. The van der Waals surface area contributed by atoms with E-state index in [-0.39, 0.29) is 17.3 Å². The topological polar surface area (TPSA) is 89.8 Å². The zero-order valence-electron chi connectivity index (χ0n) is 14.2. The Bertz CT molecular complexity index is 1030. The fraction of sp³-hybridized carbons (Fsp3) is 0.176. The van der Waals surface area contributed by atoms with Gasteiger partial charge in [0.05, 0.1) is 22.5 Å². The van der Waals surface area contributed by atoms with Crippen molar-refractivity contribution >= 4 is 45.9 Å². The summed E-state index contributed by atoms with van der Waals surface area (Å²) in [5.41, 5.74) is -0.0755. The van der Waals surface area contributed by atoms with E-state index >= 15 is 0 Å². The molecule has 142 valence electrons. The molecule has 0 fully saturated rings. The lowest BCUT2D eigenvalue weighted by Crippen LogP contribution is -2.28. The molecular formula is C17H15ClFN4O3S-. The van der Waals surface area contributed by atoms with Crippen LogP contribution in [-0.2, 0) is 11.3 Å². The van der Waals surface area contributed by atoms with Crippen molar-refractivity contribution in [2.24, 2.45) is 0 Å². The highest BCUT2D eigenvalue weighted by molar-refractivity contribution is 7.80. The minimum atomic E-state index is -2.69. The maximum atomic E-state index is 15.0. The molecule has 0 aliphatic carbocycles. The second-order valence-corrected chi connectivity index (χ2v) is 6.88. The minimum absolute atomic E-state index is 0.0724. The molecule has 0 bridgehead atoms. The molecule has 27 heavy (non-hydrogen) atoms. The van der Waals surface area contributed by atoms with Gasteiger partial charge in [-0.15, -0.1) is 0 Å². The zero-order chi connectivity index (χ0) is 19.6. The van der Waals surface area contributed by atoms with E-state index in [1.807, 2.05) is 0 Å². The van der Waals surface area contributed by atoms with Gasteiger partial charge in [-0.2, -0.15) is 0 Å². The average Bonchev–Trinajstić information content (AvgIpc) is 3.03. The smallest absolute Gasteiger partial charge is 0.261 e.